The molecule has 1 aromatic rings. The van der Waals surface area contributed by atoms with Gasteiger partial charge in [0.25, 0.3) is 0 Å². The number of allylic oxidation sites excluding steroid dienone is 2. The minimum absolute atomic E-state index is 0.0437. The smallest absolute Gasteiger partial charge is 0.167 e. The highest BCUT2D eigenvalue weighted by molar-refractivity contribution is 6.23. The molecule has 0 heterocycles. The summed E-state index contributed by atoms with van der Waals surface area (Å²) in [6, 6.07) is 4.93. The van der Waals surface area contributed by atoms with Gasteiger partial charge in [0.2, 0.25) is 0 Å². The first kappa shape index (κ1) is 10.7. The first-order valence-electron chi connectivity index (χ1n) is 5.41. The predicted octanol–water partition coefficient (Wildman–Crippen LogP) is 2.59. The molecule has 3 nitrogen and oxygen atoms in total. The summed E-state index contributed by atoms with van der Waals surface area (Å²) in [6.07, 6.45) is 1.53. The fourth-order valence-corrected chi connectivity index (χ4v) is 2.05. The van der Waals surface area contributed by atoms with Crippen molar-refractivity contribution in [1.29, 1.82) is 0 Å². The topological polar surface area (TPSA) is 57.5 Å². The molecule has 0 aliphatic heterocycles. The zero-order valence-electron chi connectivity index (χ0n) is 9.16. The van der Waals surface area contributed by atoms with E-state index in [1.807, 2.05) is 6.92 Å². The van der Waals surface area contributed by atoms with Crippen LogP contribution in [0.4, 0.5) is 0 Å². The average Bonchev–Trinajstić information content (AvgIpc) is 2.58. The Kier molecular flexibility index (Phi) is 2.69. The summed E-state index contributed by atoms with van der Waals surface area (Å²) in [7, 11) is 0. The van der Waals surface area contributed by atoms with Gasteiger partial charge in [-0.1, -0.05) is 13.0 Å². The van der Waals surface area contributed by atoms with Gasteiger partial charge in [-0.05, 0) is 29.7 Å². The molecule has 0 amide bonds. The molecule has 0 saturated carbocycles. The van der Waals surface area contributed by atoms with Crippen LogP contribution in [0.2, 0.25) is 0 Å². The van der Waals surface area contributed by atoms with Crippen LogP contribution in [0, 0.1) is 0 Å². The highest BCUT2D eigenvalue weighted by atomic mass is 16.3. The van der Waals surface area contributed by atoms with Gasteiger partial charge in [0.05, 0.1) is 5.57 Å². The zero-order chi connectivity index (χ0) is 11.7. The number of rotatable bonds is 2. The van der Waals surface area contributed by atoms with E-state index in [9.17, 15) is 15.0 Å². The van der Waals surface area contributed by atoms with Gasteiger partial charge in [-0.25, -0.2) is 0 Å². The fourth-order valence-electron chi connectivity index (χ4n) is 2.05. The average molecular weight is 218 g/mol. The number of carbonyl (C=O) groups excluding carboxylic acids is 1. The molecule has 0 fully saturated rings. The van der Waals surface area contributed by atoms with Gasteiger partial charge < -0.3 is 10.2 Å². The van der Waals surface area contributed by atoms with E-state index in [-0.39, 0.29) is 17.3 Å². The van der Waals surface area contributed by atoms with Crippen molar-refractivity contribution in [2.24, 2.45) is 0 Å². The maximum atomic E-state index is 11.7. The molecule has 0 saturated heterocycles. The number of aliphatic hydroxyl groups is 1. The van der Waals surface area contributed by atoms with E-state index in [0.717, 1.165) is 12.0 Å². The zero-order valence-corrected chi connectivity index (χ0v) is 9.16. The summed E-state index contributed by atoms with van der Waals surface area (Å²) in [5.74, 6) is 0.218. The van der Waals surface area contributed by atoms with E-state index < -0.39 is 0 Å². The van der Waals surface area contributed by atoms with Gasteiger partial charge in [0.1, 0.15) is 11.5 Å². The van der Waals surface area contributed by atoms with Gasteiger partial charge in [0.15, 0.2) is 5.78 Å². The SMILES string of the molecule is CCc1ccc(O)cc1C1=C(O)CCC1=O. The second kappa shape index (κ2) is 4.00. The van der Waals surface area contributed by atoms with Crippen LogP contribution in [0.1, 0.15) is 30.9 Å². The van der Waals surface area contributed by atoms with Gasteiger partial charge in [-0.3, -0.25) is 4.79 Å². The van der Waals surface area contributed by atoms with Crippen LogP contribution in [0.5, 0.6) is 5.75 Å². The molecule has 0 unspecified atom stereocenters. The molecule has 2 N–H and O–H groups in total. The van der Waals surface area contributed by atoms with Crippen LogP contribution in [0.25, 0.3) is 5.57 Å². The normalized spacial score (nSPS) is 15.9. The summed E-state index contributed by atoms with van der Waals surface area (Å²) in [4.78, 5) is 11.7. The molecule has 1 aromatic carbocycles. The number of hydrogen-bond donors (Lipinski definition) is 2. The van der Waals surface area contributed by atoms with Crippen molar-refractivity contribution in [3.63, 3.8) is 0 Å². The summed E-state index contributed by atoms with van der Waals surface area (Å²) in [5.41, 5.74) is 2.02. The molecule has 1 aliphatic rings. The van der Waals surface area contributed by atoms with Crippen molar-refractivity contribution in [3.8, 4) is 5.75 Å². The first-order valence-corrected chi connectivity index (χ1v) is 5.41. The third-order valence-electron chi connectivity index (χ3n) is 2.90. The van der Waals surface area contributed by atoms with Gasteiger partial charge in [-0.15, -0.1) is 0 Å². The van der Waals surface area contributed by atoms with E-state index >= 15 is 0 Å². The van der Waals surface area contributed by atoms with Gasteiger partial charge in [0, 0.05) is 12.8 Å². The number of aryl methyl sites for hydroxylation is 1. The van der Waals surface area contributed by atoms with Crippen molar-refractivity contribution in [1.82, 2.24) is 0 Å². The highest BCUT2D eigenvalue weighted by Crippen LogP contribution is 2.33. The Bertz CT molecular complexity index is 472. The summed E-state index contributed by atoms with van der Waals surface area (Å²) in [6.45, 7) is 1.98. The minimum Gasteiger partial charge on any atom is -0.512 e. The maximum Gasteiger partial charge on any atom is 0.167 e. The Morgan fingerprint density at radius 2 is 2.00 bits per heavy atom. The Labute approximate surface area is 94.0 Å². The van der Waals surface area contributed by atoms with Crippen molar-refractivity contribution >= 4 is 11.4 Å². The lowest BCUT2D eigenvalue weighted by atomic mass is 9.96. The second-order valence-electron chi connectivity index (χ2n) is 3.94. The lowest BCUT2D eigenvalue weighted by Crippen LogP contribution is -2.00. The third kappa shape index (κ3) is 1.69. The molecule has 0 bridgehead atoms. The largest absolute Gasteiger partial charge is 0.512 e. The Morgan fingerprint density at radius 1 is 1.25 bits per heavy atom. The van der Waals surface area contributed by atoms with E-state index in [0.29, 0.717) is 24.0 Å². The predicted molar refractivity (Wildman–Crippen MR) is 61.3 cm³/mol. The van der Waals surface area contributed by atoms with Crippen LogP contribution >= 0.6 is 0 Å². The molecule has 0 atom stereocenters. The number of aromatic hydroxyl groups is 1. The van der Waals surface area contributed by atoms with Crippen molar-refractivity contribution in [2.75, 3.05) is 0 Å². The standard InChI is InChI=1S/C13H14O3/c1-2-8-3-4-9(14)7-10(8)13-11(15)5-6-12(13)16/h3-4,7,14-15H,2,5-6H2,1H3. The number of carbonyl (C=O) groups is 1. The minimum atomic E-state index is -0.0437. The highest BCUT2D eigenvalue weighted by Gasteiger charge is 2.25. The fraction of sp³-hybridized carbons (Fsp3) is 0.308. The molecular weight excluding hydrogens is 204 g/mol. The number of Topliss-reactive ketones (excluding diaryl/α,β-unsaturated/α-hetero) is 1. The van der Waals surface area contributed by atoms with Crippen LogP contribution in [0.3, 0.4) is 0 Å². The lowest BCUT2D eigenvalue weighted by Gasteiger charge is -2.09. The summed E-state index contributed by atoms with van der Waals surface area (Å²) in [5, 5.41) is 19.2. The monoisotopic (exact) mass is 218 g/mol. The first-order chi connectivity index (χ1) is 7.63. The van der Waals surface area contributed by atoms with Crippen LogP contribution < -0.4 is 0 Å². The molecule has 16 heavy (non-hydrogen) atoms. The van der Waals surface area contributed by atoms with E-state index in [4.69, 9.17) is 0 Å². The number of phenolic OH excluding ortho intramolecular Hbond substituents is 1. The van der Waals surface area contributed by atoms with Crippen molar-refractivity contribution in [2.45, 2.75) is 26.2 Å². The van der Waals surface area contributed by atoms with Crippen LogP contribution in [0.15, 0.2) is 24.0 Å². The second-order valence-corrected chi connectivity index (χ2v) is 3.94. The Hall–Kier alpha value is -1.77. The molecule has 84 valence electrons. The van der Waals surface area contributed by atoms with Crippen molar-refractivity contribution < 1.29 is 15.0 Å². The Morgan fingerprint density at radius 3 is 2.56 bits per heavy atom. The van der Waals surface area contributed by atoms with Crippen molar-refractivity contribution in [3.05, 3.63) is 35.1 Å². The van der Waals surface area contributed by atoms with Gasteiger partial charge >= 0.3 is 0 Å². The Balaban J connectivity index is 2.59. The summed E-state index contributed by atoms with van der Waals surface area (Å²) < 4.78 is 0. The number of hydrogen-bond acceptors (Lipinski definition) is 3. The quantitative estimate of drug-likeness (QED) is 0.802. The molecule has 1 aliphatic carbocycles. The maximum absolute atomic E-state index is 11.7. The van der Waals surface area contributed by atoms with E-state index in [2.05, 4.69) is 0 Å². The van der Waals surface area contributed by atoms with Gasteiger partial charge in [-0.2, -0.15) is 0 Å². The van der Waals surface area contributed by atoms with E-state index in [1.54, 1.807) is 18.2 Å². The molecule has 0 spiro atoms. The number of benzene rings is 1. The van der Waals surface area contributed by atoms with Crippen LogP contribution in [-0.4, -0.2) is 16.0 Å². The molecule has 3 heteroatoms. The molecule has 0 aromatic heterocycles. The molecular formula is C13H14O3. The number of aliphatic hydroxyl groups excluding tert-OH is 1. The molecule has 2 rings (SSSR count). The van der Waals surface area contributed by atoms with E-state index in [1.165, 1.54) is 0 Å². The number of ketones is 1. The molecule has 0 radical (unpaired) electrons. The number of phenols is 1. The van der Waals surface area contributed by atoms with Crippen LogP contribution in [-0.2, 0) is 11.2 Å². The third-order valence-corrected chi connectivity index (χ3v) is 2.90. The summed E-state index contributed by atoms with van der Waals surface area (Å²) >= 11 is 0. The lowest BCUT2D eigenvalue weighted by molar-refractivity contribution is -0.113.